The Morgan fingerprint density at radius 1 is 1.32 bits per heavy atom. The van der Waals surface area contributed by atoms with Crippen LogP contribution in [0.3, 0.4) is 0 Å². The minimum atomic E-state index is 0.0360. The maximum atomic E-state index is 13.1. The fraction of sp³-hybridized carbons (Fsp3) is 0.421. The summed E-state index contributed by atoms with van der Waals surface area (Å²) in [6.45, 7) is 3.69. The van der Waals surface area contributed by atoms with Crippen molar-refractivity contribution < 1.29 is 4.79 Å². The monoisotopic (exact) mass is 337 g/mol. The number of rotatable bonds is 4. The van der Waals surface area contributed by atoms with Crippen molar-refractivity contribution >= 4 is 16.8 Å². The van der Waals surface area contributed by atoms with Crippen molar-refractivity contribution in [2.45, 2.75) is 45.2 Å². The lowest BCUT2D eigenvalue weighted by atomic mass is 10.00. The lowest BCUT2D eigenvalue weighted by molar-refractivity contribution is -0.134. The molecule has 1 amide bonds. The number of hydrogen-bond donors (Lipinski definition) is 1. The number of hydrogen-bond acceptors (Lipinski definition) is 3. The van der Waals surface area contributed by atoms with Gasteiger partial charge >= 0.3 is 0 Å². The van der Waals surface area contributed by atoms with E-state index < -0.39 is 0 Å². The molecule has 6 heteroatoms. The maximum Gasteiger partial charge on any atom is 0.227 e. The molecule has 130 valence electrons. The number of nitrogens with zero attached hydrogens (tertiary/aromatic N) is 4. The van der Waals surface area contributed by atoms with E-state index in [0.29, 0.717) is 6.42 Å². The molecule has 1 aliphatic rings. The van der Waals surface area contributed by atoms with Gasteiger partial charge in [0.05, 0.1) is 12.5 Å². The zero-order valence-electron chi connectivity index (χ0n) is 14.5. The van der Waals surface area contributed by atoms with Gasteiger partial charge < -0.3 is 14.5 Å². The summed E-state index contributed by atoms with van der Waals surface area (Å²) in [5.41, 5.74) is 2.13. The van der Waals surface area contributed by atoms with Crippen LogP contribution < -0.4 is 0 Å². The first kappa shape index (κ1) is 15.9. The molecule has 1 aliphatic heterocycles. The third-order valence-corrected chi connectivity index (χ3v) is 5.12. The number of aryl methyl sites for hydroxylation is 1. The molecule has 3 heterocycles. The number of aromatic nitrogens is 4. The van der Waals surface area contributed by atoms with Crippen molar-refractivity contribution in [3.8, 4) is 0 Å². The highest BCUT2D eigenvalue weighted by atomic mass is 16.2. The van der Waals surface area contributed by atoms with E-state index in [4.69, 9.17) is 0 Å². The highest BCUT2D eigenvalue weighted by molar-refractivity contribution is 5.89. The van der Waals surface area contributed by atoms with E-state index in [0.717, 1.165) is 54.6 Å². The fourth-order valence-corrected chi connectivity index (χ4v) is 3.81. The molecule has 0 radical (unpaired) electrons. The smallest absolute Gasteiger partial charge is 0.227 e. The average molecular weight is 337 g/mol. The van der Waals surface area contributed by atoms with Gasteiger partial charge in [-0.3, -0.25) is 4.79 Å². The molecule has 1 saturated heterocycles. The minimum Gasteiger partial charge on any atom is -0.361 e. The topological polar surface area (TPSA) is 66.8 Å². The zero-order chi connectivity index (χ0) is 17.2. The Hall–Kier alpha value is -2.63. The Morgan fingerprint density at radius 2 is 2.20 bits per heavy atom. The second kappa shape index (κ2) is 6.70. The number of amides is 1. The van der Waals surface area contributed by atoms with Crippen molar-refractivity contribution in [2.24, 2.45) is 0 Å². The summed E-state index contributed by atoms with van der Waals surface area (Å²) in [5.74, 6) is 1.08. The van der Waals surface area contributed by atoms with Gasteiger partial charge in [-0.25, -0.2) is 0 Å². The third kappa shape index (κ3) is 2.92. The largest absolute Gasteiger partial charge is 0.361 e. The standard InChI is InChI=1S/C19H23N5O/c1-2-23-13-21-22-19(23)17-9-5-6-10-24(17)18(25)11-14-12-20-16-8-4-3-7-15(14)16/h3-4,7-8,12-13,17,20H,2,5-6,9-11H2,1H3. The molecular weight excluding hydrogens is 314 g/mol. The highest BCUT2D eigenvalue weighted by Gasteiger charge is 2.31. The van der Waals surface area contributed by atoms with E-state index >= 15 is 0 Å². The number of fused-ring (bicyclic) bond motifs is 1. The SMILES string of the molecule is CCn1cnnc1C1CCCCN1C(=O)Cc1c[nH]c2ccccc12. The third-order valence-electron chi connectivity index (χ3n) is 5.12. The van der Waals surface area contributed by atoms with Gasteiger partial charge in [-0.1, -0.05) is 18.2 Å². The van der Waals surface area contributed by atoms with Crippen molar-refractivity contribution in [1.29, 1.82) is 0 Å². The molecule has 4 rings (SSSR count). The number of nitrogens with one attached hydrogen (secondary N) is 1. The quantitative estimate of drug-likeness (QED) is 0.795. The normalized spacial score (nSPS) is 18.0. The molecule has 0 saturated carbocycles. The van der Waals surface area contributed by atoms with Gasteiger partial charge in [0.2, 0.25) is 5.91 Å². The van der Waals surface area contributed by atoms with Gasteiger partial charge in [0.15, 0.2) is 5.82 Å². The molecule has 1 unspecified atom stereocenters. The van der Waals surface area contributed by atoms with Crippen LogP contribution in [0.15, 0.2) is 36.8 Å². The summed E-state index contributed by atoms with van der Waals surface area (Å²) >= 11 is 0. The van der Waals surface area contributed by atoms with Crippen molar-refractivity contribution in [3.05, 3.63) is 48.2 Å². The van der Waals surface area contributed by atoms with Gasteiger partial charge in [-0.15, -0.1) is 10.2 Å². The number of aromatic amines is 1. The summed E-state index contributed by atoms with van der Waals surface area (Å²) < 4.78 is 2.04. The minimum absolute atomic E-state index is 0.0360. The van der Waals surface area contributed by atoms with Crippen LogP contribution in [0.1, 0.15) is 43.6 Å². The number of carbonyl (C=O) groups excluding carboxylic acids is 1. The molecule has 1 N–H and O–H groups in total. The van der Waals surface area contributed by atoms with Crippen LogP contribution in [0.5, 0.6) is 0 Å². The van der Waals surface area contributed by atoms with Crippen LogP contribution in [0, 0.1) is 0 Å². The van der Waals surface area contributed by atoms with E-state index in [9.17, 15) is 4.79 Å². The van der Waals surface area contributed by atoms with E-state index in [-0.39, 0.29) is 11.9 Å². The molecule has 0 spiro atoms. The summed E-state index contributed by atoms with van der Waals surface area (Å²) in [4.78, 5) is 18.3. The molecular formula is C19H23N5O. The van der Waals surface area contributed by atoms with Crippen LogP contribution >= 0.6 is 0 Å². The first-order chi connectivity index (χ1) is 12.3. The van der Waals surface area contributed by atoms with E-state index in [1.807, 2.05) is 33.9 Å². The molecule has 2 aromatic heterocycles. The number of benzene rings is 1. The number of likely N-dealkylation sites (tertiary alicyclic amines) is 1. The van der Waals surface area contributed by atoms with Gasteiger partial charge in [-0.05, 0) is 37.8 Å². The van der Waals surface area contributed by atoms with E-state index in [2.05, 4.69) is 28.2 Å². The molecule has 1 fully saturated rings. The number of piperidine rings is 1. The van der Waals surface area contributed by atoms with Crippen LogP contribution in [0.2, 0.25) is 0 Å². The summed E-state index contributed by atoms with van der Waals surface area (Å²) in [7, 11) is 0. The Bertz CT molecular complexity index is 881. The number of para-hydroxylation sites is 1. The van der Waals surface area contributed by atoms with Crippen LogP contribution in [-0.4, -0.2) is 37.1 Å². The second-order valence-electron chi connectivity index (χ2n) is 6.61. The summed E-state index contributed by atoms with van der Waals surface area (Å²) in [6, 6.07) is 8.15. The molecule has 0 aliphatic carbocycles. The molecule has 1 aromatic carbocycles. The Balaban J connectivity index is 1.59. The fourth-order valence-electron chi connectivity index (χ4n) is 3.81. The average Bonchev–Trinajstić information content (AvgIpc) is 3.29. The number of H-pyrrole nitrogens is 1. The number of carbonyl (C=O) groups is 1. The van der Waals surface area contributed by atoms with Crippen LogP contribution in [0.25, 0.3) is 10.9 Å². The van der Waals surface area contributed by atoms with Gasteiger partial charge in [0.1, 0.15) is 6.33 Å². The Morgan fingerprint density at radius 3 is 3.08 bits per heavy atom. The summed E-state index contributed by atoms with van der Waals surface area (Å²) in [5, 5.41) is 9.48. The zero-order valence-corrected chi connectivity index (χ0v) is 14.5. The first-order valence-corrected chi connectivity index (χ1v) is 9.00. The van der Waals surface area contributed by atoms with E-state index in [1.165, 1.54) is 0 Å². The van der Waals surface area contributed by atoms with Gasteiger partial charge in [0, 0.05) is 30.2 Å². The Labute approximate surface area is 146 Å². The van der Waals surface area contributed by atoms with Crippen molar-refractivity contribution in [1.82, 2.24) is 24.6 Å². The predicted molar refractivity (Wildman–Crippen MR) is 96.0 cm³/mol. The Kier molecular flexibility index (Phi) is 4.26. The lowest BCUT2D eigenvalue weighted by Crippen LogP contribution is -2.40. The second-order valence-corrected chi connectivity index (χ2v) is 6.61. The highest BCUT2D eigenvalue weighted by Crippen LogP contribution is 2.30. The van der Waals surface area contributed by atoms with E-state index in [1.54, 1.807) is 6.33 Å². The van der Waals surface area contributed by atoms with Crippen LogP contribution in [0.4, 0.5) is 0 Å². The predicted octanol–water partition coefficient (Wildman–Crippen LogP) is 3.08. The molecule has 3 aromatic rings. The molecule has 25 heavy (non-hydrogen) atoms. The van der Waals surface area contributed by atoms with Gasteiger partial charge in [0.25, 0.3) is 0 Å². The van der Waals surface area contributed by atoms with Gasteiger partial charge in [-0.2, -0.15) is 0 Å². The summed E-state index contributed by atoms with van der Waals surface area (Å²) in [6.07, 6.45) is 7.26. The van der Waals surface area contributed by atoms with Crippen LogP contribution in [-0.2, 0) is 17.8 Å². The van der Waals surface area contributed by atoms with Crippen molar-refractivity contribution in [3.63, 3.8) is 0 Å². The molecule has 6 nitrogen and oxygen atoms in total. The maximum absolute atomic E-state index is 13.1. The lowest BCUT2D eigenvalue weighted by Gasteiger charge is -2.35. The van der Waals surface area contributed by atoms with Crippen molar-refractivity contribution in [2.75, 3.05) is 6.54 Å². The molecule has 1 atom stereocenters. The first-order valence-electron chi connectivity index (χ1n) is 9.00. The molecule has 0 bridgehead atoms.